The van der Waals surface area contributed by atoms with Crippen LogP contribution in [-0.2, 0) is 14.8 Å². The summed E-state index contributed by atoms with van der Waals surface area (Å²) in [4.78, 5) is 11.4. The predicted molar refractivity (Wildman–Crippen MR) is 151 cm³/mol. The number of rotatable bonds is 7. The zero-order valence-corrected chi connectivity index (χ0v) is 23.1. The molecule has 4 aromatic rings. The van der Waals surface area contributed by atoms with Crippen molar-refractivity contribution >= 4 is 38.5 Å². The molecule has 38 heavy (non-hydrogen) atoms. The maximum Gasteiger partial charge on any atom is 0.268 e. The fourth-order valence-corrected chi connectivity index (χ4v) is 6.16. The van der Waals surface area contributed by atoms with E-state index in [0.717, 1.165) is 18.4 Å². The van der Waals surface area contributed by atoms with Gasteiger partial charge in [-0.1, -0.05) is 48.0 Å². The Balaban J connectivity index is 1.46. The second-order valence-electron chi connectivity index (χ2n) is 10.2. The van der Waals surface area contributed by atoms with Crippen LogP contribution in [0.15, 0.2) is 84.3 Å². The molecule has 5 rings (SSSR count). The van der Waals surface area contributed by atoms with E-state index in [0.29, 0.717) is 40.2 Å². The van der Waals surface area contributed by atoms with E-state index in [1.54, 1.807) is 54.9 Å². The molecule has 8 nitrogen and oxygen atoms in total. The van der Waals surface area contributed by atoms with Crippen molar-refractivity contribution in [2.24, 2.45) is 0 Å². The average Bonchev–Trinajstić information content (AvgIpc) is 3.50. The highest BCUT2D eigenvalue weighted by molar-refractivity contribution is 7.90. The highest BCUT2D eigenvalue weighted by atomic mass is 35.5. The molecule has 10 heteroatoms. The van der Waals surface area contributed by atoms with Gasteiger partial charge in [-0.05, 0) is 52.0 Å². The van der Waals surface area contributed by atoms with E-state index in [2.05, 4.69) is 21.8 Å². The average molecular weight is 552 g/mol. The molecule has 0 spiro atoms. The van der Waals surface area contributed by atoms with Gasteiger partial charge in [-0.2, -0.15) is 0 Å². The molecule has 1 aliphatic heterocycles. The third kappa shape index (κ3) is 5.21. The van der Waals surface area contributed by atoms with E-state index in [9.17, 15) is 8.42 Å². The van der Waals surface area contributed by atoms with Gasteiger partial charge in [0.05, 0.1) is 27.3 Å². The van der Waals surface area contributed by atoms with E-state index < -0.39 is 10.0 Å². The molecule has 0 saturated carbocycles. The summed E-state index contributed by atoms with van der Waals surface area (Å²) in [6.45, 7) is 11.6. The van der Waals surface area contributed by atoms with Crippen LogP contribution in [-0.4, -0.2) is 52.0 Å². The second-order valence-corrected chi connectivity index (χ2v) is 12.5. The van der Waals surface area contributed by atoms with Crippen LogP contribution >= 0.6 is 11.6 Å². The molecular weight excluding hydrogens is 522 g/mol. The number of likely N-dealkylation sites (tertiary alicyclic amines) is 1. The first-order valence-corrected chi connectivity index (χ1v) is 14.2. The monoisotopic (exact) mass is 551 g/mol. The largest absolute Gasteiger partial charge is 0.474 e. The van der Waals surface area contributed by atoms with Gasteiger partial charge in [0.15, 0.2) is 5.88 Å². The molecular formula is C28H30ClN5O3S. The molecule has 1 aliphatic rings. The van der Waals surface area contributed by atoms with Gasteiger partial charge < -0.3 is 15.0 Å². The molecule has 0 aliphatic carbocycles. The lowest BCUT2D eigenvalue weighted by atomic mass is 10.1. The number of halogens is 1. The van der Waals surface area contributed by atoms with Crippen molar-refractivity contribution in [1.82, 2.24) is 18.8 Å². The summed E-state index contributed by atoms with van der Waals surface area (Å²) in [5.74, 6) is 1.06. The van der Waals surface area contributed by atoms with Gasteiger partial charge in [0.1, 0.15) is 5.60 Å². The Morgan fingerprint density at radius 3 is 2.58 bits per heavy atom. The minimum atomic E-state index is -3.83. The van der Waals surface area contributed by atoms with Crippen LogP contribution in [0.2, 0.25) is 5.02 Å². The minimum Gasteiger partial charge on any atom is -0.474 e. The lowest BCUT2D eigenvalue weighted by Gasteiger charge is -2.28. The highest BCUT2D eigenvalue weighted by Crippen LogP contribution is 2.36. The number of fused-ring (bicyclic) bond motifs is 1. The number of para-hydroxylation sites is 1. The van der Waals surface area contributed by atoms with Crippen molar-refractivity contribution in [2.45, 2.75) is 43.7 Å². The number of ether oxygens (including phenoxy) is 1. The van der Waals surface area contributed by atoms with Gasteiger partial charge in [-0.15, -0.1) is 0 Å². The number of hydrogen-bond acceptors (Lipinski definition) is 7. The first kappa shape index (κ1) is 26.1. The fraction of sp³-hybridized carbons (Fsp3) is 0.286. The maximum atomic E-state index is 13.5. The van der Waals surface area contributed by atoms with Gasteiger partial charge in [0, 0.05) is 36.3 Å². The molecule has 1 N–H and O–H groups in total. The normalized spacial score (nSPS) is 16.1. The van der Waals surface area contributed by atoms with Crippen LogP contribution in [0.25, 0.3) is 22.2 Å². The molecule has 1 unspecified atom stereocenters. The number of nitrogens with one attached hydrogen (secondary N) is 1. The van der Waals surface area contributed by atoms with E-state index >= 15 is 0 Å². The number of anilines is 1. The Kier molecular flexibility index (Phi) is 6.83. The summed E-state index contributed by atoms with van der Waals surface area (Å²) in [6, 6.07) is 15.7. The van der Waals surface area contributed by atoms with Crippen LogP contribution in [0.5, 0.6) is 0 Å². The van der Waals surface area contributed by atoms with Crippen LogP contribution in [0, 0.1) is 0 Å². The predicted octanol–water partition coefficient (Wildman–Crippen LogP) is 5.76. The Morgan fingerprint density at radius 1 is 1.13 bits per heavy atom. The first-order chi connectivity index (χ1) is 18.0. The molecule has 1 atom stereocenters. The Morgan fingerprint density at radius 2 is 1.84 bits per heavy atom. The smallest absolute Gasteiger partial charge is 0.268 e. The van der Waals surface area contributed by atoms with E-state index in [1.165, 1.54) is 3.97 Å². The fourth-order valence-electron chi connectivity index (χ4n) is 4.57. The SMILES string of the molecule is C=C(OC(C)(C)C)N1CCC(Nc2ncc(Cl)c(-c3cn(S(=O)(=O)c4ccccc4)c4ccccc34)n2)C1. The Labute approximate surface area is 228 Å². The molecule has 1 saturated heterocycles. The van der Waals surface area contributed by atoms with Crippen molar-refractivity contribution in [1.29, 1.82) is 0 Å². The van der Waals surface area contributed by atoms with Crippen molar-refractivity contribution in [3.63, 3.8) is 0 Å². The number of hydrogen-bond donors (Lipinski definition) is 1. The van der Waals surface area contributed by atoms with E-state index in [1.807, 2.05) is 32.9 Å². The van der Waals surface area contributed by atoms with Crippen molar-refractivity contribution in [3.05, 3.63) is 84.5 Å². The van der Waals surface area contributed by atoms with Crippen LogP contribution in [0.1, 0.15) is 27.2 Å². The number of benzene rings is 2. The zero-order valence-electron chi connectivity index (χ0n) is 21.6. The lowest BCUT2D eigenvalue weighted by molar-refractivity contribution is 0.00875. The summed E-state index contributed by atoms with van der Waals surface area (Å²) < 4.78 is 34.2. The zero-order chi connectivity index (χ0) is 27.1. The molecule has 198 valence electrons. The third-order valence-electron chi connectivity index (χ3n) is 6.28. The van der Waals surface area contributed by atoms with E-state index in [-0.39, 0.29) is 16.5 Å². The van der Waals surface area contributed by atoms with Crippen LogP contribution in [0.4, 0.5) is 5.95 Å². The van der Waals surface area contributed by atoms with Gasteiger partial charge in [-0.25, -0.2) is 22.4 Å². The summed E-state index contributed by atoms with van der Waals surface area (Å²) in [5, 5.41) is 4.45. The van der Waals surface area contributed by atoms with Crippen LogP contribution in [0.3, 0.4) is 0 Å². The minimum absolute atomic E-state index is 0.0872. The van der Waals surface area contributed by atoms with Gasteiger partial charge >= 0.3 is 0 Å². The number of aromatic nitrogens is 3. The molecule has 1 fully saturated rings. The van der Waals surface area contributed by atoms with Crippen molar-refractivity contribution < 1.29 is 13.2 Å². The molecule has 0 radical (unpaired) electrons. The summed E-state index contributed by atoms with van der Waals surface area (Å²) in [7, 11) is -3.83. The molecule has 3 heterocycles. The third-order valence-corrected chi connectivity index (χ3v) is 8.24. The van der Waals surface area contributed by atoms with Gasteiger partial charge in [-0.3, -0.25) is 0 Å². The lowest BCUT2D eigenvalue weighted by Crippen LogP contribution is -2.30. The topological polar surface area (TPSA) is 89.4 Å². The summed E-state index contributed by atoms with van der Waals surface area (Å²) >= 11 is 6.57. The first-order valence-electron chi connectivity index (χ1n) is 12.4. The standard InChI is InChI=1S/C28H30ClN5O3S/c1-19(37-28(2,3)4)33-15-14-20(17-33)31-27-30-16-24(29)26(32-27)23-18-34(25-13-9-8-12-22(23)25)38(35,36)21-10-6-5-7-11-21/h5-13,16,18,20H,1,14-15,17H2,2-4H3,(H,30,31,32). The highest BCUT2D eigenvalue weighted by Gasteiger charge is 2.28. The number of nitrogens with zero attached hydrogens (tertiary/aromatic N) is 4. The van der Waals surface area contributed by atoms with Crippen molar-refractivity contribution in [2.75, 3.05) is 18.4 Å². The Hall–Kier alpha value is -3.56. The quantitative estimate of drug-likeness (QED) is 0.292. The van der Waals surface area contributed by atoms with E-state index in [4.69, 9.17) is 21.3 Å². The molecule has 0 bridgehead atoms. The van der Waals surface area contributed by atoms with Crippen LogP contribution < -0.4 is 5.32 Å². The van der Waals surface area contributed by atoms with Gasteiger partial charge in [0.25, 0.3) is 10.0 Å². The molecule has 0 amide bonds. The second kappa shape index (κ2) is 9.96. The molecule has 2 aromatic carbocycles. The maximum absolute atomic E-state index is 13.5. The van der Waals surface area contributed by atoms with Crippen molar-refractivity contribution in [3.8, 4) is 11.3 Å². The summed E-state index contributed by atoms with van der Waals surface area (Å²) in [5.41, 5.74) is 1.29. The summed E-state index contributed by atoms with van der Waals surface area (Å²) in [6.07, 6.45) is 3.98. The van der Waals surface area contributed by atoms with Gasteiger partial charge in [0.2, 0.25) is 5.95 Å². The Bertz CT molecular complexity index is 1600. The molecule has 2 aromatic heterocycles.